The van der Waals surface area contributed by atoms with Gasteiger partial charge in [-0.3, -0.25) is 4.79 Å². The zero-order valence-corrected chi connectivity index (χ0v) is 7.75. The number of nitrogens with one attached hydrogen (secondary N) is 2. The van der Waals surface area contributed by atoms with E-state index in [1.807, 2.05) is 0 Å². The minimum absolute atomic E-state index is 0.00566. The Bertz CT molecular complexity index is 301. The topological polar surface area (TPSA) is 66.9 Å². The summed E-state index contributed by atoms with van der Waals surface area (Å²) in [4.78, 5) is 18.9. The molecule has 1 amide bonds. The van der Waals surface area contributed by atoms with Gasteiger partial charge in [-0.25, -0.2) is 14.4 Å². The Morgan fingerprint density at radius 2 is 2.29 bits per heavy atom. The SMILES string of the molecule is CNc1cnc(C(=O)NCCF)cn1. The highest BCUT2D eigenvalue weighted by Crippen LogP contribution is 1.98. The lowest BCUT2D eigenvalue weighted by Gasteiger charge is -2.02. The summed E-state index contributed by atoms with van der Waals surface area (Å²) in [5, 5.41) is 5.12. The van der Waals surface area contributed by atoms with Gasteiger partial charge in [0.15, 0.2) is 0 Å². The van der Waals surface area contributed by atoms with Gasteiger partial charge in [0, 0.05) is 13.6 Å². The molecule has 76 valence electrons. The van der Waals surface area contributed by atoms with E-state index in [9.17, 15) is 9.18 Å². The molecule has 0 spiro atoms. The van der Waals surface area contributed by atoms with E-state index in [-0.39, 0.29) is 12.2 Å². The zero-order valence-electron chi connectivity index (χ0n) is 7.75. The second-order valence-electron chi connectivity index (χ2n) is 2.48. The van der Waals surface area contributed by atoms with E-state index in [0.29, 0.717) is 5.82 Å². The summed E-state index contributed by atoms with van der Waals surface area (Å²) < 4.78 is 11.7. The van der Waals surface area contributed by atoms with Crippen LogP contribution in [0.25, 0.3) is 0 Å². The number of halogens is 1. The Morgan fingerprint density at radius 1 is 1.50 bits per heavy atom. The lowest BCUT2D eigenvalue weighted by atomic mass is 10.4. The van der Waals surface area contributed by atoms with Gasteiger partial charge in [-0.1, -0.05) is 0 Å². The first-order valence-corrected chi connectivity index (χ1v) is 4.12. The third-order valence-electron chi connectivity index (χ3n) is 1.52. The van der Waals surface area contributed by atoms with Crippen LogP contribution < -0.4 is 10.6 Å². The van der Waals surface area contributed by atoms with Crippen molar-refractivity contribution in [3.63, 3.8) is 0 Å². The van der Waals surface area contributed by atoms with Crippen LogP contribution in [0.15, 0.2) is 12.4 Å². The molecule has 0 aliphatic heterocycles. The van der Waals surface area contributed by atoms with Gasteiger partial charge in [0.1, 0.15) is 18.2 Å². The minimum Gasteiger partial charge on any atom is -0.372 e. The Labute approximate surface area is 80.8 Å². The fourth-order valence-corrected chi connectivity index (χ4v) is 0.826. The number of rotatable bonds is 4. The molecule has 0 aliphatic rings. The van der Waals surface area contributed by atoms with Crippen molar-refractivity contribution >= 4 is 11.7 Å². The molecule has 5 nitrogen and oxygen atoms in total. The fourth-order valence-electron chi connectivity index (χ4n) is 0.826. The average Bonchev–Trinajstić information content (AvgIpc) is 2.26. The molecule has 0 saturated carbocycles. The highest BCUT2D eigenvalue weighted by molar-refractivity contribution is 5.91. The van der Waals surface area contributed by atoms with Crippen molar-refractivity contribution < 1.29 is 9.18 Å². The molecule has 0 saturated heterocycles. The third kappa shape index (κ3) is 2.65. The van der Waals surface area contributed by atoms with Crippen LogP contribution in [0.1, 0.15) is 10.5 Å². The number of aromatic nitrogens is 2. The standard InChI is InChI=1S/C8H11FN4O/c1-10-7-5-12-6(4-13-7)8(14)11-3-2-9/h4-5H,2-3H2,1H3,(H,10,13)(H,11,14). The van der Waals surface area contributed by atoms with Crippen molar-refractivity contribution in [2.45, 2.75) is 0 Å². The van der Waals surface area contributed by atoms with Gasteiger partial charge < -0.3 is 10.6 Å². The van der Waals surface area contributed by atoms with Crippen molar-refractivity contribution in [2.24, 2.45) is 0 Å². The Balaban J connectivity index is 2.62. The van der Waals surface area contributed by atoms with Gasteiger partial charge in [-0.15, -0.1) is 0 Å². The van der Waals surface area contributed by atoms with Crippen molar-refractivity contribution in [2.75, 3.05) is 25.6 Å². The maximum absolute atomic E-state index is 11.7. The normalized spacial score (nSPS) is 9.57. The summed E-state index contributed by atoms with van der Waals surface area (Å²) in [6.07, 6.45) is 2.77. The molecule has 1 heterocycles. The number of carbonyl (C=O) groups is 1. The van der Waals surface area contributed by atoms with Gasteiger partial charge in [0.05, 0.1) is 12.4 Å². The predicted molar refractivity (Wildman–Crippen MR) is 49.9 cm³/mol. The Kier molecular flexibility index (Phi) is 3.78. The largest absolute Gasteiger partial charge is 0.372 e. The molecule has 0 fully saturated rings. The van der Waals surface area contributed by atoms with Gasteiger partial charge >= 0.3 is 0 Å². The zero-order chi connectivity index (χ0) is 10.4. The molecule has 0 radical (unpaired) electrons. The number of anilines is 1. The molecular weight excluding hydrogens is 187 g/mol. The molecule has 0 aliphatic carbocycles. The molecule has 0 atom stereocenters. The molecule has 0 unspecified atom stereocenters. The first-order valence-electron chi connectivity index (χ1n) is 4.12. The highest BCUT2D eigenvalue weighted by atomic mass is 19.1. The molecule has 1 aromatic heterocycles. The van der Waals surface area contributed by atoms with Crippen LogP contribution in [0, 0.1) is 0 Å². The fraction of sp³-hybridized carbons (Fsp3) is 0.375. The van der Waals surface area contributed by atoms with Gasteiger partial charge in [-0.2, -0.15) is 0 Å². The van der Waals surface area contributed by atoms with E-state index in [1.165, 1.54) is 12.4 Å². The van der Waals surface area contributed by atoms with Crippen LogP contribution in [0.2, 0.25) is 0 Å². The second kappa shape index (κ2) is 5.11. The Morgan fingerprint density at radius 3 is 2.79 bits per heavy atom. The number of carbonyl (C=O) groups excluding carboxylic acids is 1. The predicted octanol–water partition coefficient (Wildman–Crippen LogP) is 0.218. The van der Waals surface area contributed by atoms with E-state index in [2.05, 4.69) is 20.6 Å². The summed E-state index contributed by atoms with van der Waals surface area (Å²) in [5.74, 6) is 0.157. The second-order valence-corrected chi connectivity index (χ2v) is 2.48. The molecule has 1 rings (SSSR count). The van der Waals surface area contributed by atoms with Crippen LogP contribution in [-0.2, 0) is 0 Å². The molecule has 1 aromatic rings. The summed E-state index contributed by atoms with van der Waals surface area (Å²) in [6.45, 7) is -0.595. The lowest BCUT2D eigenvalue weighted by molar-refractivity contribution is 0.0945. The number of nitrogens with zero attached hydrogens (tertiary/aromatic N) is 2. The summed E-state index contributed by atoms with van der Waals surface area (Å²) in [5.41, 5.74) is 0.178. The quantitative estimate of drug-likeness (QED) is 0.726. The van der Waals surface area contributed by atoms with Crippen LogP contribution in [0.3, 0.4) is 0 Å². The van der Waals surface area contributed by atoms with Crippen LogP contribution in [-0.4, -0.2) is 36.1 Å². The maximum Gasteiger partial charge on any atom is 0.271 e. The van der Waals surface area contributed by atoms with Gasteiger partial charge in [0.25, 0.3) is 5.91 Å². The molecule has 14 heavy (non-hydrogen) atoms. The van der Waals surface area contributed by atoms with E-state index in [1.54, 1.807) is 7.05 Å². The molecule has 0 aromatic carbocycles. The first kappa shape index (κ1) is 10.4. The minimum atomic E-state index is -0.590. The maximum atomic E-state index is 11.7. The number of alkyl halides is 1. The number of amides is 1. The first-order chi connectivity index (χ1) is 6.77. The smallest absolute Gasteiger partial charge is 0.271 e. The van der Waals surface area contributed by atoms with Crippen LogP contribution in [0.4, 0.5) is 10.2 Å². The van der Waals surface area contributed by atoms with Crippen molar-refractivity contribution in [3.05, 3.63) is 18.1 Å². The van der Waals surface area contributed by atoms with Crippen molar-refractivity contribution in [1.29, 1.82) is 0 Å². The van der Waals surface area contributed by atoms with E-state index >= 15 is 0 Å². The molecule has 0 bridgehead atoms. The van der Waals surface area contributed by atoms with Crippen LogP contribution >= 0.6 is 0 Å². The van der Waals surface area contributed by atoms with E-state index < -0.39 is 12.6 Å². The highest BCUT2D eigenvalue weighted by Gasteiger charge is 2.06. The number of hydrogen-bond donors (Lipinski definition) is 2. The Hall–Kier alpha value is -1.72. The van der Waals surface area contributed by atoms with Crippen molar-refractivity contribution in [3.8, 4) is 0 Å². The van der Waals surface area contributed by atoms with Crippen molar-refractivity contribution in [1.82, 2.24) is 15.3 Å². The average molecular weight is 198 g/mol. The molecular formula is C8H11FN4O. The third-order valence-corrected chi connectivity index (χ3v) is 1.52. The summed E-state index contributed by atoms with van der Waals surface area (Å²) >= 11 is 0. The van der Waals surface area contributed by atoms with E-state index in [4.69, 9.17) is 0 Å². The van der Waals surface area contributed by atoms with Gasteiger partial charge in [-0.05, 0) is 0 Å². The van der Waals surface area contributed by atoms with Crippen LogP contribution in [0.5, 0.6) is 0 Å². The number of hydrogen-bond acceptors (Lipinski definition) is 4. The summed E-state index contributed by atoms with van der Waals surface area (Å²) in [6, 6.07) is 0. The monoisotopic (exact) mass is 198 g/mol. The summed E-state index contributed by atoms with van der Waals surface area (Å²) in [7, 11) is 1.70. The van der Waals surface area contributed by atoms with E-state index in [0.717, 1.165) is 0 Å². The lowest BCUT2D eigenvalue weighted by Crippen LogP contribution is -2.26. The molecule has 2 N–H and O–H groups in total. The van der Waals surface area contributed by atoms with Gasteiger partial charge in [0.2, 0.25) is 0 Å². The molecule has 6 heteroatoms.